The number of hydrogen-bond acceptors (Lipinski definition) is 2. The van der Waals surface area contributed by atoms with Gasteiger partial charge in [0.1, 0.15) is 11.4 Å². The Labute approximate surface area is 182 Å². The predicted octanol–water partition coefficient (Wildman–Crippen LogP) is 7.07. The van der Waals surface area contributed by atoms with Crippen molar-refractivity contribution in [1.82, 2.24) is 9.97 Å². The number of allylic oxidation sites excluding steroid dienone is 2. The van der Waals surface area contributed by atoms with E-state index in [4.69, 9.17) is 0 Å². The lowest BCUT2D eigenvalue weighted by atomic mass is 10.1. The van der Waals surface area contributed by atoms with Gasteiger partial charge in [-0.05, 0) is 72.6 Å². The molecule has 0 saturated carbocycles. The zero-order valence-corrected chi connectivity index (χ0v) is 18.3. The maximum absolute atomic E-state index is 4.38. The van der Waals surface area contributed by atoms with Gasteiger partial charge in [0.25, 0.3) is 0 Å². The number of unbranched alkanes of at least 4 members (excludes halogenated alkanes) is 6. The van der Waals surface area contributed by atoms with Crippen molar-refractivity contribution in [3.63, 3.8) is 0 Å². The van der Waals surface area contributed by atoms with Crippen LogP contribution in [0.15, 0.2) is 48.8 Å². The van der Waals surface area contributed by atoms with Crippen LogP contribution >= 0.6 is 0 Å². The summed E-state index contributed by atoms with van der Waals surface area (Å²) in [5.74, 6) is 11.7. The van der Waals surface area contributed by atoms with E-state index in [1.807, 2.05) is 36.7 Å². The van der Waals surface area contributed by atoms with E-state index in [1.54, 1.807) is 0 Å². The Kier molecular flexibility index (Phi) is 11.5. The number of pyridine rings is 2. The molecule has 0 N–H and O–H groups in total. The monoisotopic (exact) mass is 396 g/mol. The molecule has 0 aliphatic carbocycles. The topological polar surface area (TPSA) is 25.8 Å². The van der Waals surface area contributed by atoms with Gasteiger partial charge in [0.15, 0.2) is 0 Å². The molecule has 0 radical (unpaired) electrons. The summed E-state index contributed by atoms with van der Waals surface area (Å²) in [4.78, 5) is 8.76. The standard InChI is InChI=1S/C28H32N2/c1-3-5-7-9-11-15-25-19-21-27(29-23-25)17-13-14-18-28-22-20-26(24-30-28)16-12-10-8-6-4-2/h11-12,15-16,19-24H,3-10H2,1-2H3/b15-11+,16-12+. The molecule has 0 spiro atoms. The lowest BCUT2D eigenvalue weighted by molar-refractivity contribution is 0.730. The van der Waals surface area contributed by atoms with Gasteiger partial charge in [-0.2, -0.15) is 0 Å². The van der Waals surface area contributed by atoms with Gasteiger partial charge in [0.05, 0.1) is 0 Å². The first-order valence-corrected chi connectivity index (χ1v) is 11.1. The largest absolute Gasteiger partial charge is 0.247 e. The van der Waals surface area contributed by atoms with Crippen LogP contribution in [0, 0.1) is 23.7 Å². The van der Waals surface area contributed by atoms with Crippen molar-refractivity contribution >= 4 is 12.2 Å². The summed E-state index contributed by atoms with van der Waals surface area (Å²) >= 11 is 0. The third-order valence-corrected chi connectivity index (χ3v) is 4.59. The smallest absolute Gasteiger partial charge is 0.114 e. The molecule has 2 nitrogen and oxygen atoms in total. The molecule has 0 unspecified atom stereocenters. The first kappa shape index (κ1) is 23.2. The average Bonchev–Trinajstić information content (AvgIpc) is 2.78. The van der Waals surface area contributed by atoms with Crippen molar-refractivity contribution in [1.29, 1.82) is 0 Å². The maximum Gasteiger partial charge on any atom is 0.114 e. The van der Waals surface area contributed by atoms with Gasteiger partial charge in [-0.3, -0.25) is 0 Å². The maximum atomic E-state index is 4.38. The molecule has 2 aromatic heterocycles. The molecule has 0 bridgehead atoms. The molecule has 2 rings (SSSR count). The fourth-order valence-electron chi connectivity index (χ4n) is 2.81. The second-order valence-electron chi connectivity index (χ2n) is 7.25. The zero-order valence-electron chi connectivity index (χ0n) is 18.3. The summed E-state index contributed by atoms with van der Waals surface area (Å²) in [6, 6.07) is 7.94. The van der Waals surface area contributed by atoms with Crippen LogP contribution in [-0.2, 0) is 0 Å². The highest BCUT2D eigenvalue weighted by atomic mass is 14.7. The average molecular weight is 397 g/mol. The van der Waals surface area contributed by atoms with Crippen LogP contribution in [0.5, 0.6) is 0 Å². The van der Waals surface area contributed by atoms with Crippen molar-refractivity contribution in [2.24, 2.45) is 0 Å². The Morgan fingerprint density at radius 2 is 1.13 bits per heavy atom. The van der Waals surface area contributed by atoms with Gasteiger partial charge in [-0.25, -0.2) is 9.97 Å². The predicted molar refractivity (Wildman–Crippen MR) is 129 cm³/mol. The highest BCUT2D eigenvalue weighted by molar-refractivity contribution is 5.50. The summed E-state index contributed by atoms with van der Waals surface area (Å²) < 4.78 is 0. The Bertz CT molecular complexity index is 832. The summed E-state index contributed by atoms with van der Waals surface area (Å²) in [5.41, 5.74) is 3.66. The second-order valence-corrected chi connectivity index (χ2v) is 7.25. The first-order valence-electron chi connectivity index (χ1n) is 11.1. The molecule has 154 valence electrons. The first-order chi connectivity index (χ1) is 14.8. The van der Waals surface area contributed by atoms with E-state index < -0.39 is 0 Å². The van der Waals surface area contributed by atoms with Crippen molar-refractivity contribution < 1.29 is 0 Å². The van der Waals surface area contributed by atoms with Crippen molar-refractivity contribution in [2.75, 3.05) is 0 Å². The summed E-state index contributed by atoms with van der Waals surface area (Å²) in [7, 11) is 0. The number of aromatic nitrogens is 2. The summed E-state index contributed by atoms with van der Waals surface area (Å²) in [6.07, 6.45) is 22.2. The SMILES string of the molecule is CCCCC/C=C/c1ccc(C#CC#Cc2ccc(/C=C/CCCCC)cn2)nc1. The van der Waals surface area contributed by atoms with Crippen LogP contribution in [0.3, 0.4) is 0 Å². The number of rotatable bonds is 10. The molecule has 0 amide bonds. The molecule has 0 aliphatic rings. The van der Waals surface area contributed by atoms with E-state index in [-0.39, 0.29) is 0 Å². The van der Waals surface area contributed by atoms with Crippen LogP contribution in [0.1, 0.15) is 87.7 Å². The van der Waals surface area contributed by atoms with E-state index in [0.717, 1.165) is 35.4 Å². The van der Waals surface area contributed by atoms with Crippen LogP contribution in [0.2, 0.25) is 0 Å². The van der Waals surface area contributed by atoms with Gasteiger partial charge < -0.3 is 0 Å². The van der Waals surface area contributed by atoms with Crippen molar-refractivity contribution in [3.8, 4) is 23.7 Å². The lowest BCUT2D eigenvalue weighted by Gasteiger charge is -1.94. The molecule has 0 aliphatic heterocycles. The molecule has 2 heterocycles. The molecular weight excluding hydrogens is 364 g/mol. The fraction of sp³-hybridized carbons (Fsp3) is 0.357. The molecule has 2 heteroatoms. The quantitative estimate of drug-likeness (QED) is 0.317. The minimum absolute atomic E-state index is 0.726. The Morgan fingerprint density at radius 3 is 1.50 bits per heavy atom. The fourth-order valence-corrected chi connectivity index (χ4v) is 2.81. The molecular formula is C28H32N2. The van der Waals surface area contributed by atoms with E-state index in [2.05, 4.69) is 71.8 Å². The van der Waals surface area contributed by atoms with Crippen molar-refractivity contribution in [2.45, 2.75) is 65.2 Å². The van der Waals surface area contributed by atoms with Crippen molar-refractivity contribution in [3.05, 3.63) is 71.3 Å². The van der Waals surface area contributed by atoms with E-state index in [0.29, 0.717) is 0 Å². The van der Waals surface area contributed by atoms with Crippen LogP contribution < -0.4 is 0 Å². The third-order valence-electron chi connectivity index (χ3n) is 4.59. The molecule has 30 heavy (non-hydrogen) atoms. The Balaban J connectivity index is 1.83. The number of nitrogens with zero attached hydrogens (tertiary/aromatic N) is 2. The molecule has 0 atom stereocenters. The van der Waals surface area contributed by atoms with E-state index in [9.17, 15) is 0 Å². The normalized spacial score (nSPS) is 10.6. The van der Waals surface area contributed by atoms with Crippen LogP contribution in [-0.4, -0.2) is 9.97 Å². The highest BCUT2D eigenvalue weighted by Crippen LogP contribution is 2.07. The molecule has 0 aromatic carbocycles. The molecule has 0 saturated heterocycles. The summed E-state index contributed by atoms with van der Waals surface area (Å²) in [5, 5.41) is 0. The van der Waals surface area contributed by atoms with Gasteiger partial charge in [0.2, 0.25) is 0 Å². The van der Waals surface area contributed by atoms with Gasteiger partial charge in [0, 0.05) is 12.4 Å². The lowest BCUT2D eigenvalue weighted by Crippen LogP contribution is -1.83. The molecule has 0 fully saturated rings. The number of hydrogen-bond donors (Lipinski definition) is 0. The minimum atomic E-state index is 0.726. The van der Waals surface area contributed by atoms with Gasteiger partial charge in [-0.1, -0.05) is 76.0 Å². The highest BCUT2D eigenvalue weighted by Gasteiger charge is 1.91. The van der Waals surface area contributed by atoms with E-state index >= 15 is 0 Å². The van der Waals surface area contributed by atoms with Crippen LogP contribution in [0.25, 0.3) is 12.2 Å². The molecule has 2 aromatic rings. The minimum Gasteiger partial charge on any atom is -0.247 e. The van der Waals surface area contributed by atoms with Gasteiger partial charge >= 0.3 is 0 Å². The third kappa shape index (κ3) is 9.90. The zero-order chi connectivity index (χ0) is 21.3. The Morgan fingerprint density at radius 1 is 0.667 bits per heavy atom. The van der Waals surface area contributed by atoms with Gasteiger partial charge in [-0.15, -0.1) is 0 Å². The van der Waals surface area contributed by atoms with Crippen LogP contribution in [0.4, 0.5) is 0 Å². The summed E-state index contributed by atoms with van der Waals surface area (Å²) in [6.45, 7) is 4.44. The van der Waals surface area contributed by atoms with E-state index in [1.165, 1.54) is 38.5 Å². The Hall–Kier alpha value is -3.10. The second kappa shape index (κ2) is 14.8.